The maximum Gasteiger partial charge on any atom is 0.137 e. The second-order valence-electron chi connectivity index (χ2n) is 5.31. The van der Waals surface area contributed by atoms with Crippen molar-refractivity contribution in [2.45, 2.75) is 52.0 Å². The van der Waals surface area contributed by atoms with Gasteiger partial charge in [-0.25, -0.2) is 9.97 Å². The molecule has 0 radical (unpaired) electrons. The lowest BCUT2D eigenvalue weighted by atomic mass is 10.2. The van der Waals surface area contributed by atoms with E-state index in [1.807, 2.05) is 6.92 Å². The average Bonchev–Trinajstić information content (AvgIpc) is 3.18. The van der Waals surface area contributed by atoms with E-state index < -0.39 is 0 Å². The Morgan fingerprint density at radius 1 is 1.42 bits per heavy atom. The molecule has 102 valence electrons. The number of anilines is 1. The van der Waals surface area contributed by atoms with Crippen molar-refractivity contribution in [3.63, 3.8) is 0 Å². The number of aromatic nitrogens is 2. The van der Waals surface area contributed by atoms with E-state index in [2.05, 4.69) is 34.8 Å². The highest BCUT2D eigenvalue weighted by molar-refractivity contribution is 6.30. The Labute approximate surface area is 119 Å². The highest BCUT2D eigenvalue weighted by atomic mass is 35.5. The minimum Gasteiger partial charge on any atom is -0.352 e. The second kappa shape index (κ2) is 5.75. The van der Waals surface area contributed by atoms with Crippen LogP contribution in [0.1, 0.15) is 50.4 Å². The molecule has 1 saturated carbocycles. The lowest BCUT2D eigenvalue weighted by Crippen LogP contribution is -2.29. The van der Waals surface area contributed by atoms with E-state index in [4.69, 9.17) is 16.9 Å². The van der Waals surface area contributed by atoms with E-state index in [0.29, 0.717) is 24.2 Å². The van der Waals surface area contributed by atoms with Gasteiger partial charge in [0, 0.05) is 24.1 Å². The fraction of sp³-hybridized carbons (Fsp3) is 0.643. The quantitative estimate of drug-likeness (QED) is 0.774. The fourth-order valence-electron chi connectivity index (χ4n) is 2.05. The van der Waals surface area contributed by atoms with Gasteiger partial charge in [0.2, 0.25) is 0 Å². The molecule has 2 rings (SSSR count). The largest absolute Gasteiger partial charge is 0.352 e. The van der Waals surface area contributed by atoms with Crippen molar-refractivity contribution in [1.82, 2.24) is 9.97 Å². The Hall–Kier alpha value is -1.34. The fourth-order valence-corrected chi connectivity index (χ4v) is 2.22. The van der Waals surface area contributed by atoms with Gasteiger partial charge in [0.05, 0.1) is 12.5 Å². The molecule has 0 spiro atoms. The molecule has 0 aliphatic heterocycles. The minimum absolute atomic E-state index is 0.244. The molecule has 1 aliphatic rings. The van der Waals surface area contributed by atoms with Crippen LogP contribution in [-0.4, -0.2) is 22.6 Å². The highest BCUT2D eigenvalue weighted by Gasteiger charge is 2.31. The Morgan fingerprint density at radius 2 is 2.11 bits per heavy atom. The lowest BCUT2D eigenvalue weighted by Gasteiger charge is -2.25. The van der Waals surface area contributed by atoms with Crippen molar-refractivity contribution in [3.05, 3.63) is 16.5 Å². The highest BCUT2D eigenvalue weighted by Crippen LogP contribution is 2.34. The molecule has 0 saturated heterocycles. The van der Waals surface area contributed by atoms with E-state index in [1.54, 1.807) is 0 Å². The molecule has 5 heteroatoms. The number of nitrogens with zero attached hydrogens (tertiary/aromatic N) is 4. The summed E-state index contributed by atoms with van der Waals surface area (Å²) >= 11 is 6.22. The molecule has 1 aromatic rings. The molecule has 4 nitrogen and oxygen atoms in total. The van der Waals surface area contributed by atoms with E-state index in [-0.39, 0.29) is 5.92 Å². The normalized spacial score (nSPS) is 14.5. The summed E-state index contributed by atoms with van der Waals surface area (Å²) in [6, 6.07) is 2.72. The molecule has 0 aromatic carbocycles. The molecule has 1 aliphatic carbocycles. The first-order valence-corrected chi connectivity index (χ1v) is 7.10. The van der Waals surface area contributed by atoms with Crippen LogP contribution in [0, 0.1) is 18.3 Å². The van der Waals surface area contributed by atoms with Gasteiger partial charge in [-0.05, 0) is 19.8 Å². The van der Waals surface area contributed by atoms with E-state index in [9.17, 15) is 0 Å². The Bertz CT molecular complexity index is 503. The summed E-state index contributed by atoms with van der Waals surface area (Å²) in [7, 11) is 0. The molecule has 0 amide bonds. The smallest absolute Gasteiger partial charge is 0.137 e. The third-order valence-corrected chi connectivity index (χ3v) is 3.69. The molecule has 0 N–H and O–H groups in total. The van der Waals surface area contributed by atoms with Gasteiger partial charge in [0.25, 0.3) is 0 Å². The zero-order valence-corrected chi connectivity index (χ0v) is 12.4. The first-order valence-electron chi connectivity index (χ1n) is 6.72. The molecule has 0 unspecified atom stereocenters. The van der Waals surface area contributed by atoms with Crippen molar-refractivity contribution in [2.75, 3.05) is 11.4 Å². The standard InChI is InChI=1S/C14H19ClN4/c1-9(2)13-17-12(15)10(3)14(18-13)19(8-4-7-16)11-5-6-11/h9,11H,4-6,8H2,1-3H3. The molecule has 1 heterocycles. The first-order chi connectivity index (χ1) is 9.04. The van der Waals surface area contributed by atoms with E-state index >= 15 is 0 Å². The van der Waals surface area contributed by atoms with Gasteiger partial charge in [-0.1, -0.05) is 25.4 Å². The van der Waals surface area contributed by atoms with Crippen LogP contribution >= 0.6 is 11.6 Å². The monoisotopic (exact) mass is 278 g/mol. The predicted octanol–water partition coefficient (Wildman–Crippen LogP) is 3.44. The predicted molar refractivity (Wildman–Crippen MR) is 76.5 cm³/mol. The number of hydrogen-bond acceptors (Lipinski definition) is 4. The van der Waals surface area contributed by atoms with Crippen LogP contribution in [0.5, 0.6) is 0 Å². The van der Waals surface area contributed by atoms with Crippen LogP contribution in [0.15, 0.2) is 0 Å². The summed E-state index contributed by atoms with van der Waals surface area (Å²) < 4.78 is 0. The first kappa shape index (κ1) is 14.1. The third kappa shape index (κ3) is 3.16. The van der Waals surface area contributed by atoms with Gasteiger partial charge in [-0.3, -0.25) is 0 Å². The van der Waals surface area contributed by atoms with E-state index in [0.717, 1.165) is 17.2 Å². The molecule has 0 bridgehead atoms. The zero-order chi connectivity index (χ0) is 14.0. The number of halogens is 1. The summed E-state index contributed by atoms with van der Waals surface area (Å²) in [6.07, 6.45) is 2.85. The Balaban J connectivity index is 2.37. The van der Waals surface area contributed by atoms with Crippen LogP contribution in [0.4, 0.5) is 5.82 Å². The maximum absolute atomic E-state index is 8.80. The van der Waals surface area contributed by atoms with E-state index in [1.165, 1.54) is 12.8 Å². The summed E-state index contributed by atoms with van der Waals surface area (Å²) in [6.45, 7) is 6.78. The van der Waals surface area contributed by atoms with Crippen molar-refractivity contribution >= 4 is 17.4 Å². The zero-order valence-electron chi connectivity index (χ0n) is 11.6. The second-order valence-corrected chi connectivity index (χ2v) is 5.67. The molecular formula is C14H19ClN4. The van der Waals surface area contributed by atoms with Crippen molar-refractivity contribution in [1.29, 1.82) is 5.26 Å². The van der Waals surface area contributed by atoms with Crippen LogP contribution < -0.4 is 4.90 Å². The molecule has 19 heavy (non-hydrogen) atoms. The average molecular weight is 279 g/mol. The Kier molecular flexibility index (Phi) is 4.26. The van der Waals surface area contributed by atoms with Crippen LogP contribution in [0.3, 0.4) is 0 Å². The number of rotatable bonds is 5. The van der Waals surface area contributed by atoms with Gasteiger partial charge in [0.1, 0.15) is 16.8 Å². The van der Waals surface area contributed by atoms with Gasteiger partial charge in [-0.2, -0.15) is 5.26 Å². The summed E-state index contributed by atoms with van der Waals surface area (Å²) in [4.78, 5) is 11.2. The number of nitriles is 1. The van der Waals surface area contributed by atoms with Gasteiger partial charge in [-0.15, -0.1) is 0 Å². The maximum atomic E-state index is 8.80. The van der Waals surface area contributed by atoms with Crippen LogP contribution in [-0.2, 0) is 0 Å². The van der Waals surface area contributed by atoms with Crippen LogP contribution in [0.25, 0.3) is 0 Å². The molecule has 1 fully saturated rings. The van der Waals surface area contributed by atoms with Crippen molar-refractivity contribution in [2.24, 2.45) is 0 Å². The lowest BCUT2D eigenvalue weighted by molar-refractivity contribution is 0.731. The topological polar surface area (TPSA) is 52.8 Å². The SMILES string of the molecule is Cc1c(Cl)nc(C(C)C)nc1N(CCC#N)C1CC1. The van der Waals surface area contributed by atoms with Gasteiger partial charge < -0.3 is 4.90 Å². The minimum atomic E-state index is 0.244. The third-order valence-electron chi connectivity index (χ3n) is 3.32. The molecule has 1 aromatic heterocycles. The summed E-state index contributed by atoms with van der Waals surface area (Å²) in [5.74, 6) is 1.92. The number of hydrogen-bond donors (Lipinski definition) is 0. The van der Waals surface area contributed by atoms with Crippen molar-refractivity contribution in [3.8, 4) is 6.07 Å². The summed E-state index contributed by atoms with van der Waals surface area (Å²) in [5.41, 5.74) is 0.913. The summed E-state index contributed by atoms with van der Waals surface area (Å²) in [5, 5.41) is 9.32. The van der Waals surface area contributed by atoms with Crippen molar-refractivity contribution < 1.29 is 0 Å². The Morgan fingerprint density at radius 3 is 2.63 bits per heavy atom. The molecule has 0 atom stereocenters. The van der Waals surface area contributed by atoms with Gasteiger partial charge >= 0.3 is 0 Å². The molecular weight excluding hydrogens is 260 g/mol. The van der Waals surface area contributed by atoms with Crippen LogP contribution in [0.2, 0.25) is 5.15 Å². The van der Waals surface area contributed by atoms with Gasteiger partial charge in [0.15, 0.2) is 0 Å².